The highest BCUT2D eigenvalue weighted by atomic mass is 16.4. The lowest BCUT2D eigenvalue weighted by Crippen LogP contribution is -2.48. The van der Waals surface area contributed by atoms with Crippen molar-refractivity contribution in [3.05, 3.63) is 0 Å². The molecule has 88 valence electrons. The second-order valence-electron chi connectivity index (χ2n) is 4.12. The molecule has 0 bridgehead atoms. The molecule has 2 unspecified atom stereocenters. The van der Waals surface area contributed by atoms with Crippen LogP contribution < -0.4 is 5.32 Å². The van der Waals surface area contributed by atoms with E-state index >= 15 is 0 Å². The van der Waals surface area contributed by atoms with Crippen LogP contribution in [0.1, 0.15) is 33.1 Å². The van der Waals surface area contributed by atoms with Gasteiger partial charge in [-0.25, -0.2) is 0 Å². The maximum absolute atomic E-state index is 11.2. The summed E-state index contributed by atoms with van der Waals surface area (Å²) in [6, 6.07) is 0.104. The van der Waals surface area contributed by atoms with Crippen LogP contribution in [0.15, 0.2) is 0 Å². The lowest BCUT2D eigenvalue weighted by atomic mass is 10.1. The number of hydrogen-bond acceptors (Lipinski definition) is 3. The lowest BCUT2D eigenvalue weighted by Gasteiger charge is -2.32. The monoisotopic (exact) mass is 214 g/mol. The molecular weight excluding hydrogens is 192 g/mol. The number of nitrogens with one attached hydrogen (secondary N) is 1. The number of carboxylic acids is 1. The van der Waals surface area contributed by atoms with E-state index in [1.54, 1.807) is 0 Å². The molecule has 4 heteroatoms. The maximum atomic E-state index is 11.2. The number of carboxylic acid groups (broad SMARTS) is 1. The molecule has 1 aliphatic heterocycles. The first-order valence-electron chi connectivity index (χ1n) is 5.90. The van der Waals surface area contributed by atoms with E-state index in [4.69, 9.17) is 0 Å². The number of likely N-dealkylation sites (N-methyl/N-ethyl adjacent to an activating group) is 1. The van der Waals surface area contributed by atoms with E-state index in [9.17, 15) is 9.90 Å². The van der Waals surface area contributed by atoms with Gasteiger partial charge in [0.05, 0.1) is 0 Å². The van der Waals surface area contributed by atoms with E-state index in [1.807, 2.05) is 13.8 Å². The minimum Gasteiger partial charge on any atom is -0.480 e. The van der Waals surface area contributed by atoms with Crippen LogP contribution in [0.4, 0.5) is 0 Å². The quantitative estimate of drug-likeness (QED) is 0.690. The van der Waals surface area contributed by atoms with Crippen LogP contribution in [-0.2, 0) is 4.79 Å². The van der Waals surface area contributed by atoms with Crippen molar-refractivity contribution in [1.82, 2.24) is 10.2 Å². The molecule has 1 fully saturated rings. The Kier molecular flexibility index (Phi) is 5.05. The number of carbonyl (C=O) groups is 1. The van der Waals surface area contributed by atoms with Crippen molar-refractivity contribution in [2.45, 2.75) is 45.2 Å². The van der Waals surface area contributed by atoms with Crippen LogP contribution in [-0.4, -0.2) is 47.7 Å². The van der Waals surface area contributed by atoms with Gasteiger partial charge in [-0.1, -0.05) is 20.3 Å². The van der Waals surface area contributed by atoms with Gasteiger partial charge in [0.1, 0.15) is 6.04 Å². The zero-order valence-corrected chi connectivity index (χ0v) is 9.70. The average molecular weight is 214 g/mol. The van der Waals surface area contributed by atoms with E-state index < -0.39 is 5.97 Å². The molecule has 2 atom stereocenters. The van der Waals surface area contributed by atoms with E-state index in [-0.39, 0.29) is 6.04 Å². The zero-order chi connectivity index (χ0) is 11.3. The van der Waals surface area contributed by atoms with Crippen molar-refractivity contribution in [2.75, 3.05) is 19.6 Å². The molecule has 0 aliphatic carbocycles. The van der Waals surface area contributed by atoms with Gasteiger partial charge in [0, 0.05) is 12.6 Å². The SMILES string of the molecule is CCCC(C(=O)O)N(CC)C1CCNC1. The van der Waals surface area contributed by atoms with Gasteiger partial charge in [0.2, 0.25) is 0 Å². The first kappa shape index (κ1) is 12.5. The summed E-state index contributed by atoms with van der Waals surface area (Å²) in [5.41, 5.74) is 0. The minimum atomic E-state index is -0.675. The van der Waals surface area contributed by atoms with Crippen LogP contribution in [0.5, 0.6) is 0 Å². The summed E-state index contributed by atoms with van der Waals surface area (Å²) in [5, 5.41) is 12.5. The van der Waals surface area contributed by atoms with Crippen LogP contribution in [0.2, 0.25) is 0 Å². The summed E-state index contributed by atoms with van der Waals surface area (Å²) in [4.78, 5) is 13.3. The molecule has 4 nitrogen and oxygen atoms in total. The Hall–Kier alpha value is -0.610. The van der Waals surface area contributed by atoms with Crippen LogP contribution >= 0.6 is 0 Å². The molecule has 0 aromatic carbocycles. The normalized spacial score (nSPS) is 23.3. The summed E-state index contributed by atoms with van der Waals surface area (Å²) < 4.78 is 0. The van der Waals surface area contributed by atoms with Gasteiger partial charge < -0.3 is 10.4 Å². The number of hydrogen-bond donors (Lipinski definition) is 2. The van der Waals surface area contributed by atoms with Gasteiger partial charge in [-0.05, 0) is 25.9 Å². The van der Waals surface area contributed by atoms with Crippen molar-refractivity contribution in [3.8, 4) is 0 Å². The Morgan fingerprint density at radius 3 is 2.73 bits per heavy atom. The van der Waals surface area contributed by atoms with Gasteiger partial charge in [-0.3, -0.25) is 9.69 Å². The van der Waals surface area contributed by atoms with Gasteiger partial charge in [-0.2, -0.15) is 0 Å². The van der Waals surface area contributed by atoms with Crippen molar-refractivity contribution in [1.29, 1.82) is 0 Å². The summed E-state index contributed by atoms with van der Waals surface area (Å²) in [5.74, 6) is -0.675. The summed E-state index contributed by atoms with van der Waals surface area (Å²) in [6.07, 6.45) is 2.74. The Bertz CT molecular complexity index is 203. The smallest absolute Gasteiger partial charge is 0.320 e. The van der Waals surface area contributed by atoms with E-state index in [0.29, 0.717) is 6.04 Å². The molecule has 1 aliphatic rings. The molecular formula is C11H22N2O2. The second kappa shape index (κ2) is 6.08. The Morgan fingerprint density at radius 1 is 1.60 bits per heavy atom. The Morgan fingerprint density at radius 2 is 2.33 bits per heavy atom. The van der Waals surface area contributed by atoms with Crippen molar-refractivity contribution >= 4 is 5.97 Å². The number of aliphatic carboxylic acids is 1. The molecule has 0 radical (unpaired) electrons. The highest BCUT2D eigenvalue weighted by Crippen LogP contribution is 2.15. The number of nitrogens with zero attached hydrogens (tertiary/aromatic N) is 1. The molecule has 1 rings (SSSR count). The Labute approximate surface area is 91.6 Å². The van der Waals surface area contributed by atoms with Crippen LogP contribution in [0.3, 0.4) is 0 Å². The molecule has 1 heterocycles. The summed E-state index contributed by atoms with van der Waals surface area (Å²) in [6.45, 7) is 6.85. The fourth-order valence-corrected chi connectivity index (χ4v) is 2.36. The molecule has 15 heavy (non-hydrogen) atoms. The van der Waals surface area contributed by atoms with E-state index in [0.717, 1.165) is 38.9 Å². The first-order valence-corrected chi connectivity index (χ1v) is 5.90. The largest absolute Gasteiger partial charge is 0.480 e. The highest BCUT2D eigenvalue weighted by molar-refractivity contribution is 5.73. The van der Waals surface area contributed by atoms with Crippen LogP contribution in [0, 0.1) is 0 Å². The molecule has 0 saturated carbocycles. The molecule has 0 spiro atoms. The minimum absolute atomic E-state index is 0.301. The van der Waals surface area contributed by atoms with Crippen LogP contribution in [0.25, 0.3) is 0 Å². The fraction of sp³-hybridized carbons (Fsp3) is 0.909. The van der Waals surface area contributed by atoms with Gasteiger partial charge in [0.25, 0.3) is 0 Å². The number of rotatable bonds is 6. The average Bonchev–Trinajstić information content (AvgIpc) is 2.71. The fourth-order valence-electron chi connectivity index (χ4n) is 2.36. The zero-order valence-electron chi connectivity index (χ0n) is 9.70. The molecule has 0 aromatic heterocycles. The standard InChI is InChI=1S/C11H22N2O2/c1-3-5-10(11(14)15)13(4-2)9-6-7-12-8-9/h9-10,12H,3-8H2,1-2H3,(H,14,15). The summed E-state index contributed by atoms with van der Waals surface area (Å²) in [7, 11) is 0. The van der Waals surface area contributed by atoms with Crippen molar-refractivity contribution in [3.63, 3.8) is 0 Å². The van der Waals surface area contributed by atoms with E-state index in [2.05, 4.69) is 10.2 Å². The first-order chi connectivity index (χ1) is 7.20. The summed E-state index contributed by atoms with van der Waals surface area (Å²) >= 11 is 0. The lowest BCUT2D eigenvalue weighted by molar-refractivity contribution is -0.144. The second-order valence-corrected chi connectivity index (χ2v) is 4.12. The Balaban J connectivity index is 2.63. The van der Waals surface area contributed by atoms with Gasteiger partial charge in [-0.15, -0.1) is 0 Å². The molecule has 1 saturated heterocycles. The van der Waals surface area contributed by atoms with E-state index in [1.165, 1.54) is 0 Å². The highest BCUT2D eigenvalue weighted by Gasteiger charge is 2.30. The molecule has 0 aromatic rings. The predicted octanol–water partition coefficient (Wildman–Crippen LogP) is 0.924. The topological polar surface area (TPSA) is 52.6 Å². The molecule has 2 N–H and O–H groups in total. The third kappa shape index (κ3) is 3.18. The van der Waals surface area contributed by atoms with Gasteiger partial charge in [0.15, 0.2) is 0 Å². The van der Waals surface area contributed by atoms with Gasteiger partial charge >= 0.3 is 5.97 Å². The van der Waals surface area contributed by atoms with Crippen molar-refractivity contribution in [2.24, 2.45) is 0 Å². The maximum Gasteiger partial charge on any atom is 0.320 e. The predicted molar refractivity (Wildman–Crippen MR) is 60.0 cm³/mol. The van der Waals surface area contributed by atoms with Crippen molar-refractivity contribution < 1.29 is 9.90 Å². The molecule has 0 amide bonds. The third-order valence-electron chi connectivity index (χ3n) is 3.12. The third-order valence-corrected chi connectivity index (χ3v) is 3.12.